The normalized spacial score (nSPS) is 12.5. The maximum absolute atomic E-state index is 13.5. The molecular formula is C22H20F4N4O5S. The molecule has 1 unspecified atom stereocenters. The van der Waals surface area contributed by atoms with Crippen molar-refractivity contribution < 1.29 is 40.7 Å². The molecule has 0 aliphatic rings. The highest BCUT2D eigenvalue weighted by Crippen LogP contribution is 2.30. The van der Waals surface area contributed by atoms with Crippen molar-refractivity contribution in [1.82, 2.24) is 10.5 Å². The molecule has 1 heterocycles. The number of halogens is 4. The first kappa shape index (κ1) is 26.7. The van der Waals surface area contributed by atoms with Gasteiger partial charge in [0.15, 0.2) is 0 Å². The van der Waals surface area contributed by atoms with E-state index in [-0.39, 0.29) is 23.0 Å². The molecule has 14 heteroatoms. The fraction of sp³-hybridized carbons (Fsp3) is 0.182. The number of anilines is 2. The van der Waals surface area contributed by atoms with E-state index in [1.165, 1.54) is 47.9 Å². The number of hydrogen-bond donors (Lipinski definition) is 3. The third kappa shape index (κ3) is 7.05. The van der Waals surface area contributed by atoms with E-state index in [4.69, 9.17) is 9.94 Å². The molecule has 2 aromatic carbocycles. The molecule has 0 aliphatic carbocycles. The van der Waals surface area contributed by atoms with E-state index in [2.05, 4.69) is 10.3 Å². The molecule has 3 N–H and O–H groups in total. The van der Waals surface area contributed by atoms with Crippen LogP contribution in [0.2, 0.25) is 0 Å². The van der Waals surface area contributed by atoms with Crippen LogP contribution in [0, 0.1) is 5.82 Å². The Balaban J connectivity index is 1.80. The summed E-state index contributed by atoms with van der Waals surface area (Å²) in [6.07, 6.45) is -3.02. The van der Waals surface area contributed by atoms with Crippen molar-refractivity contribution in [3.05, 3.63) is 78.2 Å². The first-order chi connectivity index (χ1) is 16.9. The van der Waals surface area contributed by atoms with Crippen LogP contribution in [-0.2, 0) is 21.0 Å². The maximum Gasteiger partial charge on any atom is 0.417 e. The highest BCUT2D eigenvalue weighted by molar-refractivity contribution is 7.92. The summed E-state index contributed by atoms with van der Waals surface area (Å²) in [6, 6.07) is 11.0. The van der Waals surface area contributed by atoms with E-state index >= 15 is 0 Å². The van der Waals surface area contributed by atoms with Gasteiger partial charge in [-0.1, -0.05) is 6.07 Å². The smallest absolute Gasteiger partial charge is 0.417 e. The van der Waals surface area contributed by atoms with E-state index in [0.717, 1.165) is 28.8 Å². The average Bonchev–Trinajstić information content (AvgIpc) is 2.81. The number of alkyl halides is 3. The number of pyridine rings is 1. The van der Waals surface area contributed by atoms with Crippen molar-refractivity contribution in [2.24, 2.45) is 0 Å². The second kappa shape index (κ2) is 10.8. The quantitative estimate of drug-likeness (QED) is 0.220. The number of nitrogens with one attached hydrogen (secondary N) is 2. The molecule has 0 bridgehead atoms. The van der Waals surface area contributed by atoms with Gasteiger partial charge in [0, 0.05) is 18.0 Å². The minimum atomic E-state index is -4.55. The topological polar surface area (TPSA) is 121 Å². The first-order valence-corrected chi connectivity index (χ1v) is 12.0. The van der Waals surface area contributed by atoms with E-state index in [1.807, 2.05) is 0 Å². The van der Waals surface area contributed by atoms with Gasteiger partial charge < -0.3 is 10.1 Å². The fourth-order valence-electron chi connectivity index (χ4n) is 3.06. The molecule has 0 radical (unpaired) electrons. The molecule has 3 rings (SSSR count). The molecule has 0 aliphatic heterocycles. The lowest BCUT2D eigenvalue weighted by Gasteiger charge is -2.27. The predicted molar refractivity (Wildman–Crippen MR) is 122 cm³/mol. The van der Waals surface area contributed by atoms with Crippen LogP contribution in [0.1, 0.15) is 5.56 Å². The minimum absolute atomic E-state index is 0.113. The van der Waals surface area contributed by atoms with Crippen LogP contribution in [0.4, 0.5) is 28.9 Å². The number of hydroxylamine groups is 1. The van der Waals surface area contributed by atoms with Gasteiger partial charge in [0.25, 0.3) is 5.91 Å². The molecule has 0 saturated carbocycles. The van der Waals surface area contributed by atoms with E-state index in [9.17, 15) is 30.8 Å². The average molecular weight is 528 g/mol. The van der Waals surface area contributed by atoms with E-state index in [1.54, 1.807) is 0 Å². The Bertz CT molecular complexity index is 1300. The van der Waals surface area contributed by atoms with Crippen molar-refractivity contribution in [1.29, 1.82) is 0 Å². The molecule has 0 saturated heterocycles. The summed E-state index contributed by atoms with van der Waals surface area (Å²) < 4.78 is 82.8. The molecular weight excluding hydrogens is 508 g/mol. The van der Waals surface area contributed by atoms with Crippen molar-refractivity contribution in [3.8, 4) is 11.6 Å². The van der Waals surface area contributed by atoms with Crippen LogP contribution in [0.3, 0.4) is 0 Å². The first-order valence-electron chi connectivity index (χ1n) is 10.1. The lowest BCUT2D eigenvalue weighted by Crippen LogP contribution is -2.48. The summed E-state index contributed by atoms with van der Waals surface area (Å²) >= 11 is 0. The zero-order chi connectivity index (χ0) is 26.5. The summed E-state index contributed by atoms with van der Waals surface area (Å²) in [5.41, 5.74) is 0.786. The molecule has 192 valence electrons. The second-order valence-corrected chi connectivity index (χ2v) is 9.36. The Morgan fingerprint density at radius 1 is 1.14 bits per heavy atom. The summed E-state index contributed by atoms with van der Waals surface area (Å²) in [5, 5.41) is 11.8. The molecule has 0 spiro atoms. The van der Waals surface area contributed by atoms with Crippen molar-refractivity contribution in [3.63, 3.8) is 0 Å². The van der Waals surface area contributed by atoms with Crippen molar-refractivity contribution in [2.45, 2.75) is 12.2 Å². The highest BCUT2D eigenvalue weighted by Gasteiger charge is 2.31. The van der Waals surface area contributed by atoms with Crippen LogP contribution < -0.4 is 19.8 Å². The zero-order valence-electron chi connectivity index (χ0n) is 18.5. The number of carbonyl (C=O) groups excluding carboxylic acids is 1. The number of ether oxygens (including phenoxy) is 1. The lowest BCUT2D eigenvalue weighted by molar-refractivity contribution is -0.137. The number of carbonyl (C=O) groups is 1. The zero-order valence-corrected chi connectivity index (χ0v) is 19.3. The largest absolute Gasteiger partial charge is 0.439 e. The molecule has 36 heavy (non-hydrogen) atoms. The van der Waals surface area contributed by atoms with Crippen LogP contribution in [0.15, 0.2) is 66.9 Å². The van der Waals surface area contributed by atoms with E-state index in [0.29, 0.717) is 6.20 Å². The molecule has 1 atom stereocenters. The van der Waals surface area contributed by atoms with Crippen LogP contribution in [0.5, 0.6) is 11.6 Å². The molecule has 9 nitrogen and oxygen atoms in total. The van der Waals surface area contributed by atoms with Crippen molar-refractivity contribution >= 4 is 27.3 Å². The fourth-order valence-corrected chi connectivity index (χ4v) is 3.98. The van der Waals surface area contributed by atoms with E-state index < -0.39 is 46.1 Å². The molecule has 1 aromatic heterocycles. The molecule has 1 amide bonds. The number of amides is 1. The van der Waals surface area contributed by atoms with Crippen LogP contribution >= 0.6 is 0 Å². The Labute approximate surface area is 203 Å². The number of rotatable bonds is 9. The van der Waals surface area contributed by atoms with Gasteiger partial charge in [-0.15, -0.1) is 0 Å². The lowest BCUT2D eigenvalue weighted by atomic mass is 10.2. The van der Waals surface area contributed by atoms with Crippen molar-refractivity contribution in [2.75, 3.05) is 22.4 Å². The maximum atomic E-state index is 13.5. The van der Waals surface area contributed by atoms with Crippen LogP contribution in [-0.4, -0.2) is 43.4 Å². The minimum Gasteiger partial charge on any atom is -0.439 e. The highest BCUT2D eigenvalue weighted by atomic mass is 32.2. The van der Waals surface area contributed by atoms with Gasteiger partial charge in [0.1, 0.15) is 17.6 Å². The summed E-state index contributed by atoms with van der Waals surface area (Å²) in [4.78, 5) is 15.8. The SMILES string of the molecule is CS(=O)(=O)N(CC(Nc1cccc(F)c1)C(=O)NO)c1ccc(Oc2ccc(C(F)(F)F)cn2)cc1. The third-order valence-corrected chi connectivity index (χ3v) is 5.91. The van der Waals surface area contributed by atoms with Gasteiger partial charge in [-0.3, -0.25) is 14.3 Å². The Morgan fingerprint density at radius 3 is 2.36 bits per heavy atom. The molecule has 3 aromatic rings. The standard InChI is InChI=1S/C22H20F4N4O5S/c1-36(33,34)30(13-19(21(31)29-32)28-16-4-2-3-15(23)11-16)17-6-8-18(9-7-17)35-20-10-5-14(12-27-20)22(24,25)26/h2-12,19,28,32H,13H2,1H3,(H,29,31). The number of hydrogen-bond acceptors (Lipinski definition) is 7. The summed E-state index contributed by atoms with van der Waals surface area (Å²) in [5.74, 6) is -1.53. The van der Waals surface area contributed by atoms with Gasteiger partial charge in [-0.05, 0) is 48.5 Å². The van der Waals surface area contributed by atoms with Gasteiger partial charge in [0.2, 0.25) is 15.9 Å². The van der Waals surface area contributed by atoms with Crippen LogP contribution in [0.25, 0.3) is 0 Å². The number of nitrogens with zero attached hydrogens (tertiary/aromatic N) is 2. The third-order valence-electron chi connectivity index (χ3n) is 4.75. The monoisotopic (exact) mass is 528 g/mol. The van der Waals surface area contributed by atoms with Gasteiger partial charge in [-0.2, -0.15) is 13.2 Å². The van der Waals surface area contributed by atoms with Gasteiger partial charge in [-0.25, -0.2) is 23.3 Å². The summed E-state index contributed by atoms with van der Waals surface area (Å²) in [6.45, 7) is -0.484. The Morgan fingerprint density at radius 2 is 1.83 bits per heavy atom. The number of benzene rings is 2. The predicted octanol–water partition coefficient (Wildman–Crippen LogP) is 3.78. The second-order valence-electron chi connectivity index (χ2n) is 7.46. The number of sulfonamides is 1. The Kier molecular flexibility index (Phi) is 8.00. The summed E-state index contributed by atoms with van der Waals surface area (Å²) in [7, 11) is -3.95. The Hall–Kier alpha value is -3.91. The van der Waals surface area contributed by atoms with Gasteiger partial charge in [0.05, 0.1) is 24.1 Å². The van der Waals surface area contributed by atoms with Gasteiger partial charge >= 0.3 is 6.18 Å². The molecule has 0 fully saturated rings. The number of aromatic nitrogens is 1.